The number of alkyl halides is 1. The molecule has 0 radical (unpaired) electrons. The minimum atomic E-state index is 0.811. The van der Waals surface area contributed by atoms with Gasteiger partial charge in [-0.2, -0.15) is 0 Å². The fraction of sp³-hybridized carbons (Fsp3) is 0.300. The summed E-state index contributed by atoms with van der Waals surface area (Å²) in [7, 11) is 0. The van der Waals surface area contributed by atoms with Gasteiger partial charge in [-0.1, -0.05) is 35.5 Å². The summed E-state index contributed by atoms with van der Waals surface area (Å²) in [5.41, 5.74) is 3.34. The number of hydrogen-bond donors (Lipinski definition) is 0. The molecule has 0 saturated carbocycles. The summed E-state index contributed by atoms with van der Waals surface area (Å²) in [6.45, 7) is 6.05. The van der Waals surface area contributed by atoms with Crippen LogP contribution in [0.5, 0.6) is 0 Å². The van der Waals surface area contributed by atoms with Gasteiger partial charge in [-0.25, -0.2) is 0 Å². The molecule has 0 N–H and O–H groups in total. The molecular formula is C10H12BrN. The third kappa shape index (κ3) is 2.18. The normalized spacial score (nSPS) is 9.83. The summed E-state index contributed by atoms with van der Waals surface area (Å²) in [4.78, 5) is 4.26. The van der Waals surface area contributed by atoms with Gasteiger partial charge >= 0.3 is 0 Å². The van der Waals surface area contributed by atoms with E-state index in [1.165, 1.54) is 0 Å². The number of hydrogen-bond acceptors (Lipinski definition) is 1. The van der Waals surface area contributed by atoms with Gasteiger partial charge in [0.1, 0.15) is 0 Å². The average molecular weight is 226 g/mol. The number of halogens is 1. The summed E-state index contributed by atoms with van der Waals surface area (Å²) >= 11 is 3.35. The van der Waals surface area contributed by atoms with E-state index in [4.69, 9.17) is 0 Å². The number of rotatable bonds is 3. The van der Waals surface area contributed by atoms with Crippen molar-refractivity contribution in [3.05, 3.63) is 36.2 Å². The maximum atomic E-state index is 4.26. The molecule has 2 heteroatoms. The monoisotopic (exact) mass is 225 g/mol. The first-order valence-corrected chi connectivity index (χ1v) is 5.09. The molecule has 0 aliphatic heterocycles. The Morgan fingerprint density at radius 1 is 1.58 bits per heavy atom. The first-order valence-electron chi connectivity index (χ1n) is 3.97. The molecule has 0 saturated heterocycles. The molecule has 1 rings (SSSR count). The van der Waals surface area contributed by atoms with Crippen LogP contribution >= 0.6 is 15.9 Å². The van der Waals surface area contributed by atoms with Crippen molar-refractivity contribution in [2.45, 2.75) is 18.7 Å². The fourth-order valence-electron chi connectivity index (χ4n) is 0.917. The van der Waals surface area contributed by atoms with E-state index < -0.39 is 0 Å². The van der Waals surface area contributed by atoms with Crippen LogP contribution in [0.15, 0.2) is 24.9 Å². The van der Waals surface area contributed by atoms with Crippen LogP contribution in [0.25, 0.3) is 5.57 Å². The quantitative estimate of drug-likeness (QED) is 0.720. The minimum absolute atomic E-state index is 0.811. The molecule has 0 unspecified atom stereocenters. The predicted molar refractivity (Wildman–Crippen MR) is 56.2 cm³/mol. The highest BCUT2D eigenvalue weighted by molar-refractivity contribution is 9.08. The van der Waals surface area contributed by atoms with Gasteiger partial charge in [-0.05, 0) is 23.6 Å². The molecule has 0 aliphatic rings. The summed E-state index contributed by atoms with van der Waals surface area (Å²) in [6.07, 6.45) is 2.86. The second-order valence-electron chi connectivity index (χ2n) is 2.63. The van der Waals surface area contributed by atoms with E-state index in [0.29, 0.717) is 0 Å². The highest BCUT2D eigenvalue weighted by Gasteiger charge is 1.96. The first-order chi connectivity index (χ1) is 5.77. The predicted octanol–water partition coefficient (Wildman–Crippen LogP) is 3.40. The molecule has 12 heavy (non-hydrogen) atoms. The molecule has 1 aromatic rings. The standard InChI is InChI=1S/C10H12BrN/c1-3-8(2)9-4-5-10(6-11)12-7-9/h4-5,7H,2-3,6H2,1H3. The van der Waals surface area contributed by atoms with Crippen molar-refractivity contribution in [2.75, 3.05) is 0 Å². The SMILES string of the molecule is C=C(CC)c1ccc(CBr)nc1. The maximum Gasteiger partial charge on any atom is 0.0509 e. The van der Waals surface area contributed by atoms with Crippen LogP contribution in [-0.4, -0.2) is 4.98 Å². The van der Waals surface area contributed by atoms with Gasteiger partial charge in [0, 0.05) is 11.5 Å². The summed E-state index contributed by atoms with van der Waals surface area (Å²) in [5.74, 6) is 0. The van der Waals surface area contributed by atoms with Gasteiger partial charge in [0.25, 0.3) is 0 Å². The maximum absolute atomic E-state index is 4.26. The van der Waals surface area contributed by atoms with Crippen molar-refractivity contribution in [2.24, 2.45) is 0 Å². The number of nitrogens with zero attached hydrogens (tertiary/aromatic N) is 1. The van der Waals surface area contributed by atoms with E-state index in [1.54, 1.807) is 0 Å². The zero-order chi connectivity index (χ0) is 8.97. The summed E-state index contributed by atoms with van der Waals surface area (Å²) in [6, 6.07) is 4.08. The van der Waals surface area contributed by atoms with Crippen LogP contribution in [0, 0.1) is 0 Å². The smallest absolute Gasteiger partial charge is 0.0509 e. The van der Waals surface area contributed by atoms with Crippen molar-refractivity contribution in [1.82, 2.24) is 4.98 Å². The molecule has 64 valence electrons. The molecule has 0 bridgehead atoms. The Labute approximate surface area is 81.7 Å². The van der Waals surface area contributed by atoms with Crippen molar-refractivity contribution in [3.8, 4) is 0 Å². The van der Waals surface area contributed by atoms with E-state index in [-0.39, 0.29) is 0 Å². The summed E-state index contributed by atoms with van der Waals surface area (Å²) in [5, 5.41) is 0.811. The molecular weight excluding hydrogens is 214 g/mol. The minimum Gasteiger partial charge on any atom is -0.260 e. The third-order valence-corrected chi connectivity index (χ3v) is 2.37. The van der Waals surface area contributed by atoms with Crippen LogP contribution in [0.1, 0.15) is 24.6 Å². The van der Waals surface area contributed by atoms with Crippen LogP contribution < -0.4 is 0 Å². The lowest BCUT2D eigenvalue weighted by atomic mass is 10.1. The second kappa shape index (κ2) is 4.41. The zero-order valence-corrected chi connectivity index (χ0v) is 8.76. The molecule has 0 amide bonds. The van der Waals surface area contributed by atoms with Crippen molar-refractivity contribution < 1.29 is 0 Å². The molecule has 1 nitrogen and oxygen atoms in total. The molecule has 1 heterocycles. The van der Waals surface area contributed by atoms with Crippen LogP contribution in [0.4, 0.5) is 0 Å². The highest BCUT2D eigenvalue weighted by Crippen LogP contribution is 2.14. The Hall–Kier alpha value is -0.630. The van der Waals surface area contributed by atoms with Gasteiger partial charge in [0.05, 0.1) is 5.69 Å². The van der Waals surface area contributed by atoms with Gasteiger partial charge in [0.15, 0.2) is 0 Å². The van der Waals surface area contributed by atoms with Crippen molar-refractivity contribution in [3.63, 3.8) is 0 Å². The van der Waals surface area contributed by atoms with Gasteiger partial charge in [0.2, 0.25) is 0 Å². The Balaban J connectivity index is 2.84. The first kappa shape index (κ1) is 9.46. The Kier molecular flexibility index (Phi) is 3.48. The molecule has 0 atom stereocenters. The van der Waals surface area contributed by atoms with E-state index in [1.807, 2.05) is 12.3 Å². The summed E-state index contributed by atoms with van der Waals surface area (Å²) < 4.78 is 0. The van der Waals surface area contributed by atoms with Crippen LogP contribution in [0.2, 0.25) is 0 Å². The van der Waals surface area contributed by atoms with Gasteiger partial charge in [-0.15, -0.1) is 0 Å². The largest absolute Gasteiger partial charge is 0.260 e. The zero-order valence-electron chi connectivity index (χ0n) is 7.18. The van der Waals surface area contributed by atoms with Crippen molar-refractivity contribution >= 4 is 21.5 Å². The van der Waals surface area contributed by atoms with Crippen LogP contribution in [0.3, 0.4) is 0 Å². The van der Waals surface area contributed by atoms with E-state index in [0.717, 1.165) is 28.6 Å². The molecule has 1 aromatic heterocycles. The topological polar surface area (TPSA) is 12.9 Å². The Bertz CT molecular complexity index is 264. The average Bonchev–Trinajstić information content (AvgIpc) is 2.17. The molecule has 0 fully saturated rings. The molecule has 0 spiro atoms. The van der Waals surface area contributed by atoms with E-state index in [2.05, 4.69) is 40.5 Å². The Morgan fingerprint density at radius 3 is 2.75 bits per heavy atom. The van der Waals surface area contributed by atoms with Crippen molar-refractivity contribution in [1.29, 1.82) is 0 Å². The van der Waals surface area contributed by atoms with Gasteiger partial charge in [-0.3, -0.25) is 4.98 Å². The number of allylic oxidation sites excluding steroid dienone is 1. The molecule has 0 aliphatic carbocycles. The lowest BCUT2D eigenvalue weighted by molar-refractivity contribution is 1.16. The number of aromatic nitrogens is 1. The lowest BCUT2D eigenvalue weighted by Crippen LogP contribution is -1.87. The van der Waals surface area contributed by atoms with Crippen LogP contribution in [-0.2, 0) is 5.33 Å². The third-order valence-electron chi connectivity index (χ3n) is 1.80. The highest BCUT2D eigenvalue weighted by atomic mass is 79.9. The van der Waals surface area contributed by atoms with E-state index in [9.17, 15) is 0 Å². The number of pyridine rings is 1. The second-order valence-corrected chi connectivity index (χ2v) is 3.19. The fourth-order valence-corrected chi connectivity index (χ4v) is 1.25. The Morgan fingerprint density at radius 2 is 2.33 bits per heavy atom. The van der Waals surface area contributed by atoms with E-state index >= 15 is 0 Å². The lowest BCUT2D eigenvalue weighted by Gasteiger charge is -2.01. The van der Waals surface area contributed by atoms with Gasteiger partial charge < -0.3 is 0 Å². The molecule has 0 aromatic carbocycles.